The number of aliphatic hydroxyl groups is 1. The number of imidazole rings is 1. The fourth-order valence-corrected chi connectivity index (χ4v) is 3.68. The molecule has 1 aliphatic carbocycles. The van der Waals surface area contributed by atoms with Gasteiger partial charge in [-0.2, -0.15) is 0 Å². The molecule has 1 aromatic carbocycles. The van der Waals surface area contributed by atoms with Gasteiger partial charge in [0.1, 0.15) is 0 Å². The third kappa shape index (κ3) is 4.21. The van der Waals surface area contributed by atoms with Crippen molar-refractivity contribution in [1.29, 1.82) is 0 Å². The zero-order valence-electron chi connectivity index (χ0n) is 13.8. The second-order valence-corrected chi connectivity index (χ2v) is 6.37. The van der Waals surface area contributed by atoms with E-state index in [0.29, 0.717) is 6.04 Å². The Labute approximate surface area is 138 Å². The number of benzene rings is 1. The minimum Gasteiger partial charge on any atom is -0.396 e. The smallest absolute Gasteiger partial charge is 0.0945 e. The molecule has 2 aromatic rings. The van der Waals surface area contributed by atoms with Crippen LogP contribution in [0, 0.1) is 0 Å². The predicted octanol–water partition coefficient (Wildman–Crippen LogP) is 3.04. The molecule has 0 bridgehead atoms. The molecular weight excluding hydrogens is 286 g/mol. The van der Waals surface area contributed by atoms with Gasteiger partial charge in [-0.15, -0.1) is 0 Å². The number of aryl methyl sites for hydroxylation is 2. The van der Waals surface area contributed by atoms with Crippen molar-refractivity contribution >= 4 is 0 Å². The SMILES string of the molecule is OCCCN(CCCn1ccnc1)C1CCCc2ccccc21. The quantitative estimate of drug-likeness (QED) is 0.814. The monoisotopic (exact) mass is 313 g/mol. The summed E-state index contributed by atoms with van der Waals surface area (Å²) >= 11 is 0. The van der Waals surface area contributed by atoms with E-state index >= 15 is 0 Å². The normalized spacial score (nSPS) is 17.4. The van der Waals surface area contributed by atoms with Crippen LogP contribution < -0.4 is 0 Å². The van der Waals surface area contributed by atoms with Crippen LogP contribution in [-0.4, -0.2) is 39.3 Å². The van der Waals surface area contributed by atoms with E-state index in [9.17, 15) is 5.11 Å². The van der Waals surface area contributed by atoms with Crippen molar-refractivity contribution in [3.05, 3.63) is 54.1 Å². The minimum absolute atomic E-state index is 0.270. The van der Waals surface area contributed by atoms with Crippen LogP contribution in [0.15, 0.2) is 43.0 Å². The highest BCUT2D eigenvalue weighted by molar-refractivity contribution is 5.32. The minimum atomic E-state index is 0.270. The summed E-state index contributed by atoms with van der Waals surface area (Å²) in [5, 5.41) is 9.25. The highest BCUT2D eigenvalue weighted by Gasteiger charge is 2.25. The standard InChI is InChI=1S/C19H27N3O/c23-15-5-13-22(12-4-11-21-14-10-20-16-21)19-9-3-7-17-6-1-2-8-18(17)19/h1-2,6,8,10,14,16,19,23H,3-5,7,9,11-13,15H2. The van der Waals surface area contributed by atoms with Gasteiger partial charge in [-0.1, -0.05) is 24.3 Å². The number of hydrogen-bond acceptors (Lipinski definition) is 3. The third-order valence-electron chi connectivity index (χ3n) is 4.80. The molecule has 1 aliphatic rings. The van der Waals surface area contributed by atoms with Crippen molar-refractivity contribution in [3.8, 4) is 0 Å². The number of aliphatic hydroxyl groups excluding tert-OH is 1. The molecular formula is C19H27N3O. The van der Waals surface area contributed by atoms with Crippen LogP contribution in [0.4, 0.5) is 0 Å². The first-order valence-electron chi connectivity index (χ1n) is 8.77. The molecule has 0 amide bonds. The van der Waals surface area contributed by atoms with Crippen molar-refractivity contribution in [3.63, 3.8) is 0 Å². The fraction of sp³-hybridized carbons (Fsp3) is 0.526. The molecule has 4 heteroatoms. The van der Waals surface area contributed by atoms with Crippen molar-refractivity contribution in [1.82, 2.24) is 14.5 Å². The number of fused-ring (bicyclic) bond motifs is 1. The molecule has 1 unspecified atom stereocenters. The van der Waals surface area contributed by atoms with Gasteiger partial charge in [0.25, 0.3) is 0 Å². The van der Waals surface area contributed by atoms with Gasteiger partial charge in [-0.05, 0) is 43.2 Å². The Balaban J connectivity index is 1.66. The highest BCUT2D eigenvalue weighted by Crippen LogP contribution is 2.34. The number of rotatable bonds is 8. The van der Waals surface area contributed by atoms with Crippen LogP contribution in [0.25, 0.3) is 0 Å². The second kappa shape index (κ2) is 8.27. The van der Waals surface area contributed by atoms with Crippen LogP contribution in [0.3, 0.4) is 0 Å². The number of hydrogen-bond donors (Lipinski definition) is 1. The first kappa shape index (κ1) is 16.2. The average Bonchev–Trinajstić information content (AvgIpc) is 3.11. The zero-order chi connectivity index (χ0) is 15.9. The predicted molar refractivity (Wildman–Crippen MR) is 92.2 cm³/mol. The van der Waals surface area contributed by atoms with Gasteiger partial charge in [-0.3, -0.25) is 4.90 Å². The van der Waals surface area contributed by atoms with Crippen LogP contribution >= 0.6 is 0 Å². The molecule has 0 spiro atoms. The van der Waals surface area contributed by atoms with E-state index < -0.39 is 0 Å². The molecule has 0 fully saturated rings. The van der Waals surface area contributed by atoms with Crippen molar-refractivity contribution < 1.29 is 5.11 Å². The number of nitrogens with zero attached hydrogens (tertiary/aromatic N) is 3. The molecule has 0 saturated heterocycles. The van der Waals surface area contributed by atoms with Gasteiger partial charge < -0.3 is 9.67 Å². The Morgan fingerprint density at radius 1 is 1.22 bits per heavy atom. The molecule has 23 heavy (non-hydrogen) atoms. The van der Waals surface area contributed by atoms with E-state index in [1.54, 1.807) is 0 Å². The fourth-order valence-electron chi connectivity index (χ4n) is 3.68. The summed E-state index contributed by atoms with van der Waals surface area (Å²) < 4.78 is 2.14. The lowest BCUT2D eigenvalue weighted by atomic mass is 9.86. The molecule has 1 N–H and O–H groups in total. The Morgan fingerprint density at radius 2 is 2.09 bits per heavy atom. The summed E-state index contributed by atoms with van der Waals surface area (Å²) in [5.74, 6) is 0. The van der Waals surface area contributed by atoms with Crippen molar-refractivity contribution in [2.75, 3.05) is 19.7 Å². The molecule has 0 radical (unpaired) electrons. The van der Waals surface area contributed by atoms with Gasteiger partial charge in [0.05, 0.1) is 6.33 Å². The van der Waals surface area contributed by atoms with Gasteiger partial charge in [-0.25, -0.2) is 4.98 Å². The Hall–Kier alpha value is -1.65. The summed E-state index contributed by atoms with van der Waals surface area (Å²) in [5.41, 5.74) is 3.01. The van der Waals surface area contributed by atoms with Crippen LogP contribution in [-0.2, 0) is 13.0 Å². The van der Waals surface area contributed by atoms with Gasteiger partial charge >= 0.3 is 0 Å². The number of aromatic nitrogens is 2. The lowest BCUT2D eigenvalue weighted by Gasteiger charge is -2.36. The lowest BCUT2D eigenvalue weighted by Crippen LogP contribution is -2.34. The molecule has 4 nitrogen and oxygen atoms in total. The molecule has 1 heterocycles. The first-order chi connectivity index (χ1) is 11.4. The maximum atomic E-state index is 9.25. The maximum Gasteiger partial charge on any atom is 0.0945 e. The van der Waals surface area contributed by atoms with E-state index in [2.05, 4.69) is 38.7 Å². The van der Waals surface area contributed by atoms with Crippen LogP contribution in [0.2, 0.25) is 0 Å². The van der Waals surface area contributed by atoms with Crippen LogP contribution in [0.5, 0.6) is 0 Å². The molecule has 1 aromatic heterocycles. The van der Waals surface area contributed by atoms with E-state index in [4.69, 9.17) is 0 Å². The topological polar surface area (TPSA) is 41.3 Å². The third-order valence-corrected chi connectivity index (χ3v) is 4.80. The van der Waals surface area contributed by atoms with E-state index in [1.807, 2.05) is 18.7 Å². The van der Waals surface area contributed by atoms with Gasteiger partial charge in [0.2, 0.25) is 0 Å². The Bertz CT molecular complexity index is 582. The Kier molecular flexibility index (Phi) is 5.83. The van der Waals surface area contributed by atoms with Gasteiger partial charge in [0.15, 0.2) is 0 Å². The lowest BCUT2D eigenvalue weighted by molar-refractivity contribution is 0.156. The van der Waals surface area contributed by atoms with Gasteiger partial charge in [0, 0.05) is 44.7 Å². The van der Waals surface area contributed by atoms with E-state index in [0.717, 1.165) is 32.5 Å². The van der Waals surface area contributed by atoms with E-state index in [-0.39, 0.29) is 6.61 Å². The average molecular weight is 313 g/mol. The Morgan fingerprint density at radius 3 is 2.91 bits per heavy atom. The molecule has 0 saturated carbocycles. The molecule has 0 aliphatic heterocycles. The zero-order valence-corrected chi connectivity index (χ0v) is 13.8. The van der Waals surface area contributed by atoms with Crippen molar-refractivity contribution in [2.45, 2.75) is 44.7 Å². The van der Waals surface area contributed by atoms with Crippen molar-refractivity contribution in [2.24, 2.45) is 0 Å². The second-order valence-electron chi connectivity index (χ2n) is 6.37. The summed E-state index contributed by atoms with van der Waals surface area (Å²) in [6.45, 7) is 3.31. The summed E-state index contributed by atoms with van der Waals surface area (Å²) in [7, 11) is 0. The molecule has 3 rings (SSSR count). The van der Waals surface area contributed by atoms with Crippen LogP contribution in [0.1, 0.15) is 42.9 Å². The van der Waals surface area contributed by atoms with E-state index in [1.165, 1.54) is 30.4 Å². The first-order valence-corrected chi connectivity index (χ1v) is 8.77. The summed E-state index contributed by atoms with van der Waals surface area (Å²) in [6.07, 6.45) is 11.4. The summed E-state index contributed by atoms with van der Waals surface area (Å²) in [4.78, 5) is 6.68. The summed E-state index contributed by atoms with van der Waals surface area (Å²) in [6, 6.07) is 9.39. The largest absolute Gasteiger partial charge is 0.396 e. The molecule has 124 valence electrons. The molecule has 1 atom stereocenters. The maximum absolute atomic E-state index is 9.25. The highest BCUT2D eigenvalue weighted by atomic mass is 16.3.